The Labute approximate surface area is 219 Å². The van der Waals surface area contributed by atoms with E-state index in [1.165, 1.54) is 0 Å². The summed E-state index contributed by atoms with van der Waals surface area (Å²) in [6.45, 7) is 7.06. The van der Waals surface area contributed by atoms with Crippen LogP contribution in [0.3, 0.4) is 0 Å². The van der Waals surface area contributed by atoms with Gasteiger partial charge >= 0.3 is 5.97 Å². The average Bonchev–Trinajstić information content (AvgIpc) is 2.93. The van der Waals surface area contributed by atoms with Crippen molar-refractivity contribution in [2.24, 2.45) is 29.6 Å². The minimum atomic E-state index is -1.74. The van der Waals surface area contributed by atoms with Crippen LogP contribution >= 0.6 is 69.6 Å². The third-order valence-corrected chi connectivity index (χ3v) is 12.0. The van der Waals surface area contributed by atoms with Crippen molar-refractivity contribution in [2.45, 2.75) is 67.0 Å². The Morgan fingerprint density at radius 3 is 1.97 bits per heavy atom. The minimum absolute atomic E-state index is 0.0652. The summed E-state index contributed by atoms with van der Waals surface area (Å²) >= 11 is 40.5. The molecule has 0 aliphatic heterocycles. The molecule has 32 heavy (non-hydrogen) atoms. The maximum absolute atomic E-state index is 13.7. The first-order chi connectivity index (χ1) is 14.8. The van der Waals surface area contributed by atoms with Crippen LogP contribution in [-0.2, 0) is 9.59 Å². The van der Waals surface area contributed by atoms with Gasteiger partial charge in [0.05, 0.1) is 21.9 Å². The number of carbonyl (C=O) groups is 2. The Hall–Kier alpha value is 0.420. The van der Waals surface area contributed by atoms with Gasteiger partial charge in [0.25, 0.3) is 0 Å². The number of aliphatic carboxylic acids is 1. The summed E-state index contributed by atoms with van der Waals surface area (Å²) in [5.41, 5.74) is 0. The molecule has 0 aromatic carbocycles. The maximum Gasteiger partial charge on any atom is 0.307 e. The number of hydrogen-bond acceptors (Lipinski definition) is 2. The summed E-state index contributed by atoms with van der Waals surface area (Å²) in [5.74, 6) is -4.54. The van der Waals surface area contributed by atoms with Gasteiger partial charge in [0.2, 0.25) is 5.91 Å². The highest BCUT2D eigenvalue weighted by atomic mass is 35.5. The number of allylic oxidation sites excluding steroid dienone is 2. The molecule has 10 heteroatoms. The monoisotopic (exact) mass is 565 g/mol. The van der Waals surface area contributed by atoms with Crippen molar-refractivity contribution in [3.63, 3.8) is 0 Å². The van der Waals surface area contributed by atoms with Crippen LogP contribution in [-0.4, -0.2) is 49.1 Å². The van der Waals surface area contributed by atoms with Crippen LogP contribution in [0.1, 0.15) is 52.9 Å². The van der Waals surface area contributed by atoms with Gasteiger partial charge in [0.1, 0.15) is 9.75 Å². The average molecular weight is 568 g/mol. The summed E-state index contributed by atoms with van der Waals surface area (Å²) in [6, 6.07) is 0. The molecule has 0 radical (unpaired) electrons. The van der Waals surface area contributed by atoms with Crippen LogP contribution in [0.4, 0.5) is 0 Å². The first kappa shape index (κ1) is 27.0. The Balaban J connectivity index is 2.05. The van der Waals surface area contributed by atoms with Gasteiger partial charge in [-0.05, 0) is 37.0 Å². The molecule has 2 fully saturated rings. The molecule has 0 aromatic rings. The Morgan fingerprint density at radius 1 is 1.00 bits per heavy atom. The molecule has 0 heterocycles. The van der Waals surface area contributed by atoms with Gasteiger partial charge in [0, 0.05) is 13.1 Å². The molecule has 4 nitrogen and oxygen atoms in total. The van der Waals surface area contributed by atoms with E-state index in [0.29, 0.717) is 13.1 Å². The van der Waals surface area contributed by atoms with Crippen molar-refractivity contribution < 1.29 is 14.7 Å². The lowest BCUT2D eigenvalue weighted by Gasteiger charge is -2.49. The molecule has 3 aliphatic rings. The number of hydrogen-bond donors (Lipinski definition) is 1. The van der Waals surface area contributed by atoms with E-state index in [9.17, 15) is 14.7 Å². The van der Waals surface area contributed by atoms with Crippen molar-refractivity contribution >= 4 is 81.5 Å². The van der Waals surface area contributed by atoms with Crippen LogP contribution in [0, 0.1) is 29.6 Å². The number of halogens is 6. The molecule has 1 amide bonds. The first-order valence-corrected chi connectivity index (χ1v) is 13.4. The van der Waals surface area contributed by atoms with E-state index in [0.717, 1.165) is 25.7 Å². The maximum atomic E-state index is 13.7. The van der Waals surface area contributed by atoms with E-state index in [2.05, 4.69) is 13.8 Å². The van der Waals surface area contributed by atoms with E-state index in [4.69, 9.17) is 69.6 Å². The molecule has 1 N–H and O–H groups in total. The molecule has 0 spiro atoms. The number of fused-ring (bicyclic) bond motifs is 5. The quantitative estimate of drug-likeness (QED) is 0.326. The standard InChI is InChI=1S/C22H29Cl6NO3/c1-4-6-8-29(9-7-5-2)18(30)12-10-13-15(11(3)14(12)19(31)32)21(26)17(24)16(23)20(13,25)22(21,27)28/h11-15H,4-10H2,1-3H3,(H,31,32)/t11-,12+,13+,14+,15-,20+,21+/m0/s1. The number of carbonyl (C=O) groups excluding carboxylic acids is 1. The molecule has 2 saturated carbocycles. The largest absolute Gasteiger partial charge is 0.481 e. The fraction of sp³-hybridized carbons (Fsp3) is 0.818. The topological polar surface area (TPSA) is 57.6 Å². The van der Waals surface area contributed by atoms with Gasteiger partial charge in [0.15, 0.2) is 4.33 Å². The third-order valence-electron chi connectivity index (χ3n) is 7.70. The molecule has 0 saturated heterocycles. The van der Waals surface area contributed by atoms with E-state index >= 15 is 0 Å². The summed E-state index contributed by atoms with van der Waals surface area (Å²) in [4.78, 5) is 24.9. The molecule has 0 unspecified atom stereocenters. The third kappa shape index (κ3) is 3.53. The van der Waals surface area contributed by atoms with Gasteiger partial charge in [-0.1, -0.05) is 80.0 Å². The Kier molecular flexibility index (Phi) is 7.99. The van der Waals surface area contributed by atoms with Crippen LogP contribution < -0.4 is 0 Å². The summed E-state index contributed by atoms with van der Waals surface area (Å²) in [7, 11) is 0. The number of amides is 1. The van der Waals surface area contributed by atoms with Crippen molar-refractivity contribution in [1.82, 2.24) is 4.90 Å². The number of unbranched alkanes of at least 4 members (excludes halogenated alkanes) is 2. The van der Waals surface area contributed by atoms with E-state index in [-0.39, 0.29) is 22.4 Å². The van der Waals surface area contributed by atoms with Crippen LogP contribution in [0.25, 0.3) is 0 Å². The second-order valence-electron chi connectivity index (χ2n) is 9.36. The number of nitrogens with zero attached hydrogens (tertiary/aromatic N) is 1. The zero-order valence-electron chi connectivity index (χ0n) is 18.3. The summed E-state index contributed by atoms with van der Waals surface area (Å²) < 4.78 is -1.74. The van der Waals surface area contributed by atoms with Crippen molar-refractivity contribution in [1.29, 1.82) is 0 Å². The highest BCUT2D eigenvalue weighted by Gasteiger charge is 2.84. The molecular weight excluding hydrogens is 539 g/mol. The fourth-order valence-electron chi connectivity index (χ4n) is 6.10. The predicted molar refractivity (Wildman–Crippen MR) is 132 cm³/mol. The highest BCUT2D eigenvalue weighted by Crippen LogP contribution is 2.79. The van der Waals surface area contributed by atoms with Crippen molar-refractivity contribution in [3.8, 4) is 0 Å². The van der Waals surface area contributed by atoms with E-state index < -0.39 is 49.6 Å². The lowest BCUT2D eigenvalue weighted by atomic mass is 9.58. The SMILES string of the molecule is CCCCN(CCCC)C(=O)[C@@H]1C[C@@H]2[C@H]([C@@H](C)[C@H]1C(=O)O)[C@@]1(Cl)C(Cl)=C(Cl)[C@@]2(Cl)C1(Cl)Cl. The van der Waals surface area contributed by atoms with Crippen molar-refractivity contribution in [2.75, 3.05) is 13.1 Å². The second-order valence-corrected chi connectivity index (χ2v) is 12.6. The molecule has 182 valence electrons. The number of rotatable bonds is 8. The van der Waals surface area contributed by atoms with Crippen LogP contribution in [0.2, 0.25) is 0 Å². The van der Waals surface area contributed by atoms with Gasteiger partial charge in [-0.2, -0.15) is 0 Å². The molecule has 7 atom stereocenters. The lowest BCUT2D eigenvalue weighted by Crippen LogP contribution is -2.54. The minimum Gasteiger partial charge on any atom is -0.481 e. The van der Waals surface area contributed by atoms with Crippen molar-refractivity contribution in [3.05, 3.63) is 10.1 Å². The van der Waals surface area contributed by atoms with Crippen LogP contribution in [0.5, 0.6) is 0 Å². The highest BCUT2D eigenvalue weighted by molar-refractivity contribution is 6.65. The second kappa shape index (κ2) is 9.47. The number of carboxylic acid groups (broad SMARTS) is 1. The van der Waals surface area contributed by atoms with E-state index in [1.807, 2.05) is 0 Å². The first-order valence-electron chi connectivity index (χ1n) is 11.2. The molecular formula is C22H29Cl6NO3. The van der Waals surface area contributed by atoms with Gasteiger partial charge < -0.3 is 10.0 Å². The van der Waals surface area contributed by atoms with Gasteiger partial charge in [-0.15, -0.1) is 23.2 Å². The summed E-state index contributed by atoms with van der Waals surface area (Å²) in [6.07, 6.45) is 3.75. The van der Waals surface area contributed by atoms with E-state index in [1.54, 1.807) is 11.8 Å². The molecule has 3 rings (SSSR count). The molecule has 0 aromatic heterocycles. The normalized spacial score (nSPS) is 39.8. The Bertz CT molecular complexity index is 811. The zero-order valence-corrected chi connectivity index (χ0v) is 22.9. The molecule has 2 bridgehead atoms. The van der Waals surface area contributed by atoms with Gasteiger partial charge in [-0.3, -0.25) is 9.59 Å². The zero-order chi connectivity index (χ0) is 24.2. The lowest BCUT2D eigenvalue weighted by molar-refractivity contribution is -0.158. The summed E-state index contributed by atoms with van der Waals surface area (Å²) in [5, 5.41) is 10.3. The number of carboxylic acids is 1. The smallest absolute Gasteiger partial charge is 0.307 e. The predicted octanol–water partition coefficient (Wildman–Crippen LogP) is 6.85. The van der Waals surface area contributed by atoms with Gasteiger partial charge in [-0.25, -0.2) is 0 Å². The Morgan fingerprint density at radius 2 is 1.50 bits per heavy atom. The fourth-order valence-corrected chi connectivity index (χ4v) is 9.26. The van der Waals surface area contributed by atoms with Crippen LogP contribution in [0.15, 0.2) is 10.1 Å². The molecule has 3 aliphatic carbocycles. The number of alkyl halides is 4.